The van der Waals surface area contributed by atoms with E-state index in [1.54, 1.807) is 18.3 Å². The number of alkyl halides is 3. The molecule has 4 nitrogen and oxygen atoms in total. The van der Waals surface area contributed by atoms with Gasteiger partial charge in [0.1, 0.15) is 5.82 Å². The van der Waals surface area contributed by atoms with Gasteiger partial charge in [-0.25, -0.2) is 4.68 Å². The van der Waals surface area contributed by atoms with E-state index in [4.69, 9.17) is 0 Å². The van der Waals surface area contributed by atoms with Crippen LogP contribution in [0, 0.1) is 5.92 Å². The Bertz CT molecular complexity index is 808. The summed E-state index contributed by atoms with van der Waals surface area (Å²) in [6, 6.07) is 7.57. The lowest BCUT2D eigenvalue weighted by Gasteiger charge is -2.15. The fraction of sp³-hybridized carbons (Fsp3) is 0.474. The normalized spacial score (nSPS) is 23.2. The summed E-state index contributed by atoms with van der Waals surface area (Å²) < 4.78 is 41.4. The molecule has 7 heteroatoms. The third-order valence-electron chi connectivity index (χ3n) is 5.39. The van der Waals surface area contributed by atoms with Gasteiger partial charge in [0.25, 0.3) is 0 Å². The Morgan fingerprint density at radius 2 is 1.88 bits per heavy atom. The summed E-state index contributed by atoms with van der Waals surface area (Å²) in [4.78, 5) is 12.6. The van der Waals surface area contributed by atoms with E-state index >= 15 is 0 Å². The van der Waals surface area contributed by atoms with E-state index in [9.17, 15) is 18.0 Å². The predicted octanol–water partition coefficient (Wildman–Crippen LogP) is 4.76. The van der Waals surface area contributed by atoms with Gasteiger partial charge in [0.15, 0.2) is 0 Å². The molecule has 138 valence electrons. The molecule has 2 aliphatic carbocycles. The van der Waals surface area contributed by atoms with Crippen molar-refractivity contribution in [1.29, 1.82) is 0 Å². The third kappa shape index (κ3) is 3.22. The molecule has 1 heterocycles. The maximum atomic E-state index is 13.2. The van der Waals surface area contributed by atoms with E-state index in [2.05, 4.69) is 10.4 Å². The molecule has 2 atom stereocenters. The Balaban J connectivity index is 1.47. The van der Waals surface area contributed by atoms with Crippen molar-refractivity contribution in [3.05, 3.63) is 47.7 Å². The predicted molar refractivity (Wildman–Crippen MR) is 90.7 cm³/mol. The average molecular weight is 363 g/mol. The Morgan fingerprint density at radius 1 is 1.15 bits per heavy atom. The van der Waals surface area contributed by atoms with Gasteiger partial charge in [-0.15, -0.1) is 0 Å². The lowest BCUT2D eigenvalue weighted by molar-refractivity contribution is -0.138. The Kier molecular flexibility index (Phi) is 4.25. The van der Waals surface area contributed by atoms with Crippen LogP contribution in [0.2, 0.25) is 0 Å². The van der Waals surface area contributed by atoms with E-state index in [0.29, 0.717) is 18.3 Å². The number of amides is 1. The first kappa shape index (κ1) is 17.1. The number of aromatic nitrogens is 2. The second-order valence-corrected chi connectivity index (χ2v) is 7.12. The minimum atomic E-state index is -4.40. The van der Waals surface area contributed by atoms with Crippen LogP contribution in [0.1, 0.15) is 55.2 Å². The van der Waals surface area contributed by atoms with E-state index in [1.807, 2.05) is 4.68 Å². The maximum absolute atomic E-state index is 13.2. The molecule has 0 bridgehead atoms. The van der Waals surface area contributed by atoms with Gasteiger partial charge in [-0.05, 0) is 36.8 Å². The van der Waals surface area contributed by atoms with E-state index in [0.717, 1.165) is 31.7 Å². The van der Waals surface area contributed by atoms with Crippen molar-refractivity contribution in [3.8, 4) is 0 Å². The lowest BCUT2D eigenvalue weighted by atomic mass is 10.0. The summed E-state index contributed by atoms with van der Waals surface area (Å²) in [5.74, 6) is -0.399. The summed E-state index contributed by atoms with van der Waals surface area (Å²) >= 11 is 0. The van der Waals surface area contributed by atoms with Gasteiger partial charge < -0.3 is 5.32 Å². The van der Waals surface area contributed by atoms with Gasteiger partial charge in [-0.1, -0.05) is 31.0 Å². The molecule has 0 unspecified atom stereocenters. The Morgan fingerprint density at radius 3 is 2.62 bits per heavy atom. The zero-order valence-electron chi connectivity index (χ0n) is 14.2. The number of anilines is 1. The molecule has 2 fully saturated rings. The molecular weight excluding hydrogens is 343 g/mol. The highest BCUT2D eigenvalue weighted by atomic mass is 19.4. The highest BCUT2D eigenvalue weighted by Crippen LogP contribution is 2.51. The fourth-order valence-corrected chi connectivity index (χ4v) is 3.98. The first-order chi connectivity index (χ1) is 12.4. The molecule has 0 saturated heterocycles. The van der Waals surface area contributed by atoms with Gasteiger partial charge in [0.05, 0.1) is 17.8 Å². The fourth-order valence-electron chi connectivity index (χ4n) is 3.98. The zero-order chi connectivity index (χ0) is 18.3. The maximum Gasteiger partial charge on any atom is 0.416 e. The Hall–Kier alpha value is -2.31. The number of halogens is 3. The summed E-state index contributed by atoms with van der Waals surface area (Å²) in [5.41, 5.74) is -0.430. The summed E-state index contributed by atoms with van der Waals surface area (Å²) in [6.45, 7) is 0. The molecule has 2 aliphatic rings. The molecular formula is C19H20F3N3O. The van der Waals surface area contributed by atoms with Crippen molar-refractivity contribution in [2.75, 3.05) is 5.32 Å². The highest BCUT2D eigenvalue weighted by molar-refractivity contribution is 5.94. The van der Waals surface area contributed by atoms with E-state index in [1.165, 1.54) is 12.1 Å². The van der Waals surface area contributed by atoms with Gasteiger partial charge in [0, 0.05) is 12.0 Å². The van der Waals surface area contributed by atoms with E-state index < -0.39 is 17.7 Å². The summed E-state index contributed by atoms with van der Waals surface area (Å²) in [6.07, 6.45) is 2.06. The second-order valence-electron chi connectivity index (χ2n) is 7.12. The smallest absolute Gasteiger partial charge is 0.311 e. The number of benzene rings is 1. The molecule has 2 aromatic rings. The molecule has 1 N–H and O–H groups in total. The number of rotatable bonds is 4. The second kappa shape index (κ2) is 6.45. The van der Waals surface area contributed by atoms with Crippen molar-refractivity contribution in [2.24, 2.45) is 5.92 Å². The quantitative estimate of drug-likeness (QED) is 0.851. The van der Waals surface area contributed by atoms with Crippen LogP contribution in [-0.2, 0) is 11.0 Å². The van der Waals surface area contributed by atoms with Crippen molar-refractivity contribution >= 4 is 11.7 Å². The minimum Gasteiger partial charge on any atom is -0.311 e. The van der Waals surface area contributed by atoms with Gasteiger partial charge in [0.2, 0.25) is 5.91 Å². The van der Waals surface area contributed by atoms with Crippen LogP contribution in [-0.4, -0.2) is 15.7 Å². The first-order valence-corrected chi connectivity index (χ1v) is 8.95. The summed E-state index contributed by atoms with van der Waals surface area (Å²) in [7, 11) is 0. The number of nitrogens with one attached hydrogen (secondary N) is 1. The highest BCUT2D eigenvalue weighted by Gasteiger charge is 2.48. The van der Waals surface area contributed by atoms with Crippen molar-refractivity contribution in [2.45, 2.75) is 50.2 Å². The van der Waals surface area contributed by atoms with Crippen molar-refractivity contribution in [1.82, 2.24) is 9.78 Å². The summed E-state index contributed by atoms with van der Waals surface area (Å²) in [5, 5.41) is 7.18. The monoisotopic (exact) mass is 363 g/mol. The molecule has 26 heavy (non-hydrogen) atoms. The SMILES string of the molecule is O=C(Nc1ccnn1C1CCCC1)[C@@H]1C[C@@H]1c1ccccc1C(F)(F)F. The zero-order valence-corrected chi connectivity index (χ0v) is 14.2. The first-order valence-electron chi connectivity index (χ1n) is 8.95. The molecule has 1 aromatic carbocycles. The van der Waals surface area contributed by atoms with Crippen LogP contribution in [0.5, 0.6) is 0 Å². The van der Waals surface area contributed by atoms with E-state index in [-0.39, 0.29) is 17.4 Å². The number of carbonyl (C=O) groups excluding carboxylic acids is 1. The Labute approximate surface area is 149 Å². The number of carbonyl (C=O) groups is 1. The number of hydrogen-bond acceptors (Lipinski definition) is 2. The van der Waals surface area contributed by atoms with Gasteiger partial charge in [-0.3, -0.25) is 4.79 Å². The molecule has 0 aliphatic heterocycles. The molecule has 0 radical (unpaired) electrons. The number of hydrogen-bond donors (Lipinski definition) is 1. The van der Waals surface area contributed by atoms with Crippen LogP contribution in [0.3, 0.4) is 0 Å². The van der Waals surface area contributed by atoms with Crippen LogP contribution < -0.4 is 5.32 Å². The standard InChI is InChI=1S/C19H20F3N3O/c20-19(21,22)16-8-4-3-7-13(16)14-11-15(14)18(26)24-17-9-10-23-25(17)12-5-1-2-6-12/h3-4,7-10,12,14-15H,1-2,5-6,11H2,(H,24,26)/t14-,15-/m1/s1. The topological polar surface area (TPSA) is 46.9 Å². The number of nitrogens with zero attached hydrogens (tertiary/aromatic N) is 2. The molecule has 4 rings (SSSR count). The lowest BCUT2D eigenvalue weighted by Crippen LogP contribution is -2.19. The molecule has 0 spiro atoms. The van der Waals surface area contributed by atoms with Crippen LogP contribution in [0.4, 0.5) is 19.0 Å². The average Bonchev–Trinajstić information content (AvgIpc) is 2.99. The minimum absolute atomic E-state index is 0.212. The van der Waals surface area contributed by atoms with Crippen molar-refractivity contribution < 1.29 is 18.0 Å². The van der Waals surface area contributed by atoms with Gasteiger partial charge >= 0.3 is 6.18 Å². The molecule has 1 aromatic heterocycles. The molecule has 1 amide bonds. The van der Waals surface area contributed by atoms with Gasteiger partial charge in [-0.2, -0.15) is 18.3 Å². The van der Waals surface area contributed by atoms with Crippen molar-refractivity contribution in [3.63, 3.8) is 0 Å². The molecule has 2 saturated carbocycles. The van der Waals surface area contributed by atoms with Crippen LogP contribution >= 0.6 is 0 Å². The van der Waals surface area contributed by atoms with Crippen LogP contribution in [0.25, 0.3) is 0 Å². The van der Waals surface area contributed by atoms with Crippen LogP contribution in [0.15, 0.2) is 36.5 Å². The largest absolute Gasteiger partial charge is 0.416 e. The third-order valence-corrected chi connectivity index (χ3v) is 5.39.